The Morgan fingerprint density at radius 3 is 2.24 bits per heavy atom. The van der Waals surface area contributed by atoms with Crippen molar-refractivity contribution in [3.05, 3.63) is 68.8 Å². The minimum Gasteiger partial charge on any atom is -0.366 e. The van der Waals surface area contributed by atoms with E-state index in [-0.39, 0.29) is 5.91 Å². The van der Waals surface area contributed by atoms with Gasteiger partial charge in [-0.1, -0.05) is 53.9 Å². The Labute approximate surface area is 184 Å². The monoisotopic (exact) mass is 448 g/mol. The van der Waals surface area contributed by atoms with Crippen LogP contribution in [0, 0.1) is 5.92 Å². The summed E-state index contributed by atoms with van der Waals surface area (Å²) in [6.07, 6.45) is 1.92. The molecule has 2 amide bonds. The molecule has 29 heavy (non-hydrogen) atoms. The first-order valence-electron chi connectivity index (χ1n) is 9.46. The van der Waals surface area contributed by atoms with Gasteiger partial charge in [-0.15, -0.1) is 0 Å². The molecule has 7 heteroatoms. The number of carbonyl (C=O) groups is 2. The van der Waals surface area contributed by atoms with Gasteiger partial charge < -0.3 is 4.90 Å². The number of hydrogen-bond acceptors (Lipinski definition) is 3. The maximum atomic E-state index is 13.5. The topological polar surface area (TPSA) is 40.6 Å². The van der Waals surface area contributed by atoms with Crippen molar-refractivity contribution in [3.8, 4) is 0 Å². The lowest BCUT2D eigenvalue weighted by Crippen LogP contribution is -2.38. The Morgan fingerprint density at radius 1 is 0.897 bits per heavy atom. The second-order valence-electron chi connectivity index (χ2n) is 7.44. The molecule has 4 nitrogen and oxygen atoms in total. The zero-order valence-electron chi connectivity index (χ0n) is 15.8. The Bertz CT molecular complexity index is 1030. The van der Waals surface area contributed by atoms with E-state index in [4.69, 9.17) is 34.8 Å². The first kappa shape index (κ1) is 20.3. The summed E-state index contributed by atoms with van der Waals surface area (Å²) in [5, 5.41) is 1.26. The normalized spacial score (nSPS) is 18.2. The van der Waals surface area contributed by atoms with E-state index in [1.54, 1.807) is 42.5 Å². The van der Waals surface area contributed by atoms with Crippen LogP contribution in [-0.2, 0) is 9.59 Å². The van der Waals surface area contributed by atoms with Gasteiger partial charge in [0.1, 0.15) is 5.70 Å². The van der Waals surface area contributed by atoms with Crippen LogP contribution in [0.4, 0.5) is 5.69 Å². The zero-order chi connectivity index (χ0) is 20.7. The fraction of sp³-hybridized carbons (Fsp3) is 0.273. The van der Waals surface area contributed by atoms with E-state index >= 15 is 0 Å². The van der Waals surface area contributed by atoms with Gasteiger partial charge in [-0.25, -0.2) is 4.90 Å². The lowest BCUT2D eigenvalue weighted by atomic mass is 9.97. The highest BCUT2D eigenvalue weighted by atomic mass is 35.5. The molecule has 0 aromatic heterocycles. The first-order chi connectivity index (χ1) is 13.9. The van der Waals surface area contributed by atoms with Crippen LogP contribution in [0.2, 0.25) is 15.1 Å². The van der Waals surface area contributed by atoms with Crippen LogP contribution < -0.4 is 4.90 Å². The Morgan fingerprint density at radius 2 is 1.59 bits per heavy atom. The van der Waals surface area contributed by atoms with Gasteiger partial charge in [-0.2, -0.15) is 0 Å². The summed E-state index contributed by atoms with van der Waals surface area (Å²) in [5.41, 5.74) is 1.65. The standard InChI is InChI=1S/C22H19Cl3N2O2/c1-13-7-9-26(10-8-13)20-19(17-6-5-15(24)12-18(17)25)21(28)27(22(20)29)16-4-2-3-14(23)11-16/h2-6,11-13H,7-10H2,1H3. The Hall–Kier alpha value is -2.01. The van der Waals surface area contributed by atoms with Crippen LogP contribution in [0.15, 0.2) is 48.2 Å². The van der Waals surface area contributed by atoms with Crippen molar-refractivity contribution in [1.82, 2.24) is 4.90 Å². The van der Waals surface area contributed by atoms with Crippen molar-refractivity contribution in [1.29, 1.82) is 0 Å². The molecule has 0 atom stereocenters. The van der Waals surface area contributed by atoms with Gasteiger partial charge in [-0.05, 0) is 49.1 Å². The van der Waals surface area contributed by atoms with Crippen LogP contribution in [0.25, 0.3) is 5.57 Å². The number of nitrogens with zero attached hydrogens (tertiary/aromatic N) is 2. The fourth-order valence-corrected chi connectivity index (χ4v) is 4.52. The summed E-state index contributed by atoms with van der Waals surface area (Å²) in [4.78, 5) is 30.1. The molecule has 2 aromatic rings. The van der Waals surface area contributed by atoms with Crippen LogP contribution in [0.3, 0.4) is 0 Å². The molecular formula is C22H19Cl3N2O2. The number of piperidine rings is 1. The van der Waals surface area contributed by atoms with Gasteiger partial charge in [0.25, 0.3) is 11.8 Å². The summed E-state index contributed by atoms with van der Waals surface area (Å²) >= 11 is 18.6. The lowest BCUT2D eigenvalue weighted by molar-refractivity contribution is -0.120. The molecule has 2 aliphatic heterocycles. The van der Waals surface area contributed by atoms with E-state index in [0.29, 0.717) is 56.6 Å². The van der Waals surface area contributed by atoms with Crippen molar-refractivity contribution in [3.63, 3.8) is 0 Å². The predicted molar refractivity (Wildman–Crippen MR) is 117 cm³/mol. The molecule has 2 aromatic carbocycles. The maximum absolute atomic E-state index is 13.5. The minimum atomic E-state index is -0.407. The van der Waals surface area contributed by atoms with E-state index in [1.165, 1.54) is 4.90 Å². The van der Waals surface area contributed by atoms with Crippen LogP contribution in [0.5, 0.6) is 0 Å². The average Bonchev–Trinajstić information content (AvgIpc) is 2.93. The van der Waals surface area contributed by atoms with E-state index in [9.17, 15) is 9.59 Å². The quantitative estimate of drug-likeness (QED) is 0.567. The average molecular weight is 450 g/mol. The predicted octanol–water partition coefficient (Wildman–Crippen LogP) is 5.66. The molecule has 0 radical (unpaired) electrons. The SMILES string of the molecule is CC1CCN(C2=C(c3ccc(Cl)cc3Cl)C(=O)N(c3cccc(Cl)c3)C2=O)CC1. The van der Waals surface area contributed by atoms with Crippen LogP contribution >= 0.6 is 34.8 Å². The molecule has 2 aliphatic rings. The van der Waals surface area contributed by atoms with E-state index in [2.05, 4.69) is 6.92 Å². The summed E-state index contributed by atoms with van der Waals surface area (Å²) in [6, 6.07) is 11.7. The Kier molecular flexibility index (Phi) is 5.60. The number of benzene rings is 2. The highest BCUT2D eigenvalue weighted by molar-refractivity contribution is 6.47. The largest absolute Gasteiger partial charge is 0.366 e. The molecule has 0 spiro atoms. The lowest BCUT2D eigenvalue weighted by Gasteiger charge is -2.32. The number of amides is 2. The zero-order valence-corrected chi connectivity index (χ0v) is 18.1. The Balaban J connectivity index is 1.85. The minimum absolute atomic E-state index is 0.311. The molecule has 0 unspecified atom stereocenters. The number of halogens is 3. The second kappa shape index (κ2) is 8.02. The van der Waals surface area contributed by atoms with Crippen molar-refractivity contribution in [2.24, 2.45) is 5.92 Å². The maximum Gasteiger partial charge on any atom is 0.282 e. The second-order valence-corrected chi connectivity index (χ2v) is 8.72. The highest BCUT2D eigenvalue weighted by Crippen LogP contribution is 2.39. The third-order valence-electron chi connectivity index (χ3n) is 5.43. The van der Waals surface area contributed by atoms with Gasteiger partial charge in [0.2, 0.25) is 0 Å². The molecular weight excluding hydrogens is 431 g/mol. The van der Waals surface area contributed by atoms with Crippen LogP contribution in [0.1, 0.15) is 25.3 Å². The fourth-order valence-electron chi connectivity index (χ4n) is 3.83. The summed E-state index contributed by atoms with van der Waals surface area (Å²) in [6.45, 7) is 3.63. The van der Waals surface area contributed by atoms with Gasteiger partial charge in [0.15, 0.2) is 0 Å². The van der Waals surface area contributed by atoms with Crippen LogP contribution in [-0.4, -0.2) is 29.8 Å². The summed E-state index contributed by atoms with van der Waals surface area (Å²) < 4.78 is 0. The number of anilines is 1. The molecule has 1 saturated heterocycles. The highest BCUT2D eigenvalue weighted by Gasteiger charge is 2.43. The van der Waals surface area contributed by atoms with Gasteiger partial charge in [0, 0.05) is 28.7 Å². The molecule has 0 aliphatic carbocycles. The number of imide groups is 1. The summed E-state index contributed by atoms with van der Waals surface area (Å²) in [5.74, 6) is -0.173. The number of likely N-dealkylation sites (tertiary alicyclic amines) is 1. The van der Waals surface area contributed by atoms with Gasteiger partial charge in [0.05, 0.1) is 16.3 Å². The molecule has 4 rings (SSSR count). The third-order valence-corrected chi connectivity index (χ3v) is 6.21. The molecule has 0 bridgehead atoms. The molecule has 2 heterocycles. The van der Waals surface area contributed by atoms with Gasteiger partial charge in [-0.3, -0.25) is 9.59 Å². The molecule has 1 fully saturated rings. The first-order valence-corrected chi connectivity index (χ1v) is 10.6. The number of carbonyl (C=O) groups excluding carboxylic acids is 2. The van der Waals surface area contributed by atoms with Crippen molar-refractivity contribution >= 4 is 57.9 Å². The molecule has 150 valence electrons. The number of hydrogen-bond donors (Lipinski definition) is 0. The van der Waals surface area contributed by atoms with E-state index in [0.717, 1.165) is 12.8 Å². The van der Waals surface area contributed by atoms with Gasteiger partial charge >= 0.3 is 0 Å². The van der Waals surface area contributed by atoms with Crippen molar-refractivity contribution in [2.75, 3.05) is 18.0 Å². The molecule has 0 saturated carbocycles. The summed E-state index contributed by atoms with van der Waals surface area (Å²) in [7, 11) is 0. The van der Waals surface area contributed by atoms with Crippen molar-refractivity contribution in [2.45, 2.75) is 19.8 Å². The van der Waals surface area contributed by atoms with E-state index < -0.39 is 5.91 Å². The third kappa shape index (κ3) is 3.77. The molecule has 0 N–H and O–H groups in total. The number of rotatable bonds is 3. The smallest absolute Gasteiger partial charge is 0.282 e. The van der Waals surface area contributed by atoms with E-state index in [1.807, 2.05) is 4.90 Å². The van der Waals surface area contributed by atoms with Crippen molar-refractivity contribution < 1.29 is 9.59 Å².